The number of rotatable bonds is 2. The maximum absolute atomic E-state index is 12.3. The fourth-order valence-corrected chi connectivity index (χ4v) is 3.82. The number of carbonyl (C=O) groups excluding carboxylic acids is 1. The number of amides is 2. The summed E-state index contributed by atoms with van der Waals surface area (Å²) in [5.41, 5.74) is -1.00. The Morgan fingerprint density at radius 2 is 1.94 bits per heavy atom. The van der Waals surface area contributed by atoms with Gasteiger partial charge in [0.1, 0.15) is 5.54 Å². The molecule has 1 aliphatic heterocycles. The summed E-state index contributed by atoms with van der Waals surface area (Å²) in [6.07, 6.45) is 6.31. The van der Waals surface area contributed by atoms with E-state index in [0.717, 1.165) is 32.2 Å². The first-order valence-corrected chi connectivity index (χ1v) is 6.93. The molecule has 2 aliphatic carbocycles. The highest BCUT2D eigenvalue weighted by Gasteiger charge is 2.46. The third-order valence-corrected chi connectivity index (χ3v) is 4.88. The molecule has 0 aromatic rings. The second-order valence-corrected chi connectivity index (χ2v) is 6.01. The molecular formula is C13H20N2O3. The van der Waals surface area contributed by atoms with E-state index in [-0.39, 0.29) is 6.03 Å². The molecular weight excluding hydrogens is 232 g/mol. The lowest BCUT2D eigenvalue weighted by atomic mass is 9.98. The predicted octanol–water partition coefficient (Wildman–Crippen LogP) is 1.58. The van der Waals surface area contributed by atoms with Gasteiger partial charge in [0.05, 0.1) is 0 Å². The van der Waals surface area contributed by atoms with Gasteiger partial charge in [0, 0.05) is 12.6 Å². The number of hydrogen-bond acceptors (Lipinski definition) is 2. The molecule has 18 heavy (non-hydrogen) atoms. The lowest BCUT2D eigenvalue weighted by Gasteiger charge is -2.32. The van der Waals surface area contributed by atoms with Gasteiger partial charge in [0.25, 0.3) is 0 Å². The quantitative estimate of drug-likeness (QED) is 0.784. The first-order chi connectivity index (χ1) is 8.61. The van der Waals surface area contributed by atoms with Crippen LogP contribution in [0, 0.1) is 5.92 Å². The fourth-order valence-electron chi connectivity index (χ4n) is 3.82. The third kappa shape index (κ3) is 1.76. The number of carboxylic acids is 1. The Labute approximate surface area is 107 Å². The van der Waals surface area contributed by atoms with Gasteiger partial charge in [-0.1, -0.05) is 12.8 Å². The van der Waals surface area contributed by atoms with Crippen molar-refractivity contribution in [2.45, 2.75) is 56.5 Å². The maximum atomic E-state index is 12.3. The van der Waals surface area contributed by atoms with Crippen molar-refractivity contribution >= 4 is 12.0 Å². The molecule has 0 spiro atoms. The minimum Gasteiger partial charge on any atom is -0.480 e. The third-order valence-electron chi connectivity index (χ3n) is 4.88. The molecule has 2 saturated carbocycles. The number of nitrogens with one attached hydrogen (secondary N) is 1. The normalized spacial score (nSPS) is 32.8. The summed E-state index contributed by atoms with van der Waals surface area (Å²) in [6.45, 7) is 0.812. The van der Waals surface area contributed by atoms with Gasteiger partial charge >= 0.3 is 12.0 Å². The van der Waals surface area contributed by atoms with E-state index in [1.165, 1.54) is 6.42 Å². The molecule has 3 aliphatic rings. The van der Waals surface area contributed by atoms with Gasteiger partial charge in [0.15, 0.2) is 0 Å². The Kier molecular flexibility index (Phi) is 2.72. The van der Waals surface area contributed by atoms with E-state index in [1.807, 2.05) is 4.90 Å². The van der Waals surface area contributed by atoms with Crippen molar-refractivity contribution in [2.24, 2.45) is 5.92 Å². The molecule has 2 N–H and O–H groups in total. The maximum Gasteiger partial charge on any atom is 0.329 e. The standard InChI is InChI=1S/C13H20N2O3/c16-11(17)13(5-1-2-6-13)14-12(18)15-8-9-3-4-10(15)7-9/h9-10H,1-8H2,(H,14,18)(H,16,17). The number of hydrogen-bond donors (Lipinski definition) is 2. The van der Waals surface area contributed by atoms with E-state index in [1.54, 1.807) is 0 Å². The highest BCUT2D eigenvalue weighted by molar-refractivity contribution is 5.86. The lowest BCUT2D eigenvalue weighted by Crippen LogP contribution is -2.57. The Balaban J connectivity index is 1.68. The van der Waals surface area contributed by atoms with Gasteiger partial charge in [-0.3, -0.25) is 0 Å². The molecule has 0 aromatic heterocycles. The van der Waals surface area contributed by atoms with Gasteiger partial charge in [-0.15, -0.1) is 0 Å². The van der Waals surface area contributed by atoms with Crippen molar-refractivity contribution in [2.75, 3.05) is 6.54 Å². The van der Waals surface area contributed by atoms with Crippen molar-refractivity contribution in [1.82, 2.24) is 10.2 Å². The van der Waals surface area contributed by atoms with Crippen LogP contribution in [0.25, 0.3) is 0 Å². The van der Waals surface area contributed by atoms with Gasteiger partial charge in [-0.25, -0.2) is 9.59 Å². The topological polar surface area (TPSA) is 69.6 Å². The second-order valence-electron chi connectivity index (χ2n) is 6.01. The number of nitrogens with zero attached hydrogens (tertiary/aromatic N) is 1. The van der Waals surface area contributed by atoms with E-state index >= 15 is 0 Å². The number of likely N-dealkylation sites (tertiary alicyclic amines) is 1. The highest BCUT2D eigenvalue weighted by Crippen LogP contribution is 2.38. The molecule has 2 bridgehead atoms. The SMILES string of the molecule is O=C(NC1(C(=O)O)CCCC1)N1CC2CCC1C2. The average Bonchev–Trinajstić information content (AvgIpc) is 3.04. The molecule has 1 saturated heterocycles. The van der Waals surface area contributed by atoms with E-state index in [2.05, 4.69) is 5.32 Å². The first kappa shape index (κ1) is 11.8. The lowest BCUT2D eigenvalue weighted by molar-refractivity contribution is -0.144. The zero-order valence-corrected chi connectivity index (χ0v) is 10.5. The van der Waals surface area contributed by atoms with Crippen LogP contribution in [-0.2, 0) is 4.79 Å². The van der Waals surface area contributed by atoms with Crippen molar-refractivity contribution in [3.63, 3.8) is 0 Å². The number of piperidine rings is 1. The monoisotopic (exact) mass is 252 g/mol. The van der Waals surface area contributed by atoms with E-state index < -0.39 is 11.5 Å². The van der Waals surface area contributed by atoms with Crippen LogP contribution < -0.4 is 5.32 Å². The molecule has 0 aromatic carbocycles. The predicted molar refractivity (Wildman–Crippen MR) is 65.2 cm³/mol. The Morgan fingerprint density at radius 3 is 2.44 bits per heavy atom. The molecule has 3 rings (SSSR count). The first-order valence-electron chi connectivity index (χ1n) is 6.93. The molecule has 5 nitrogen and oxygen atoms in total. The minimum absolute atomic E-state index is 0.161. The van der Waals surface area contributed by atoms with Crippen LogP contribution in [-0.4, -0.2) is 40.1 Å². The number of carbonyl (C=O) groups is 2. The minimum atomic E-state index is -1.00. The van der Waals surface area contributed by atoms with Crippen molar-refractivity contribution in [1.29, 1.82) is 0 Å². The molecule has 1 heterocycles. The Morgan fingerprint density at radius 1 is 1.22 bits per heavy atom. The van der Waals surface area contributed by atoms with E-state index in [4.69, 9.17) is 0 Å². The molecule has 2 atom stereocenters. The number of carboxylic acid groups (broad SMARTS) is 1. The zero-order chi connectivity index (χ0) is 12.8. The molecule has 3 fully saturated rings. The number of fused-ring (bicyclic) bond motifs is 2. The van der Waals surface area contributed by atoms with Crippen LogP contribution in [0.2, 0.25) is 0 Å². The van der Waals surface area contributed by atoms with Crippen molar-refractivity contribution < 1.29 is 14.7 Å². The van der Waals surface area contributed by atoms with E-state index in [0.29, 0.717) is 24.8 Å². The van der Waals surface area contributed by atoms with Crippen molar-refractivity contribution in [3.05, 3.63) is 0 Å². The summed E-state index contributed by atoms with van der Waals surface area (Å²) in [5.74, 6) is -0.234. The van der Waals surface area contributed by atoms with Crippen LogP contribution in [0.1, 0.15) is 44.9 Å². The summed E-state index contributed by atoms with van der Waals surface area (Å²) < 4.78 is 0. The molecule has 5 heteroatoms. The largest absolute Gasteiger partial charge is 0.480 e. The number of urea groups is 1. The molecule has 2 amide bonds. The summed E-state index contributed by atoms with van der Waals surface area (Å²) >= 11 is 0. The average molecular weight is 252 g/mol. The summed E-state index contributed by atoms with van der Waals surface area (Å²) in [6, 6.07) is 0.189. The van der Waals surface area contributed by atoms with Crippen LogP contribution in [0.3, 0.4) is 0 Å². The van der Waals surface area contributed by atoms with Crippen LogP contribution in [0.4, 0.5) is 4.79 Å². The van der Waals surface area contributed by atoms with Gasteiger partial charge in [0.2, 0.25) is 0 Å². The Hall–Kier alpha value is -1.26. The van der Waals surface area contributed by atoms with Crippen molar-refractivity contribution in [3.8, 4) is 0 Å². The highest BCUT2D eigenvalue weighted by atomic mass is 16.4. The van der Waals surface area contributed by atoms with Crippen LogP contribution in [0.15, 0.2) is 0 Å². The van der Waals surface area contributed by atoms with Crippen LogP contribution >= 0.6 is 0 Å². The van der Waals surface area contributed by atoms with Gasteiger partial charge in [-0.2, -0.15) is 0 Å². The van der Waals surface area contributed by atoms with Gasteiger partial charge in [-0.05, 0) is 38.0 Å². The summed E-state index contributed by atoms with van der Waals surface area (Å²) in [4.78, 5) is 25.5. The molecule has 100 valence electrons. The second kappa shape index (κ2) is 4.14. The number of aliphatic carboxylic acids is 1. The summed E-state index contributed by atoms with van der Waals surface area (Å²) in [5, 5.41) is 12.2. The summed E-state index contributed by atoms with van der Waals surface area (Å²) in [7, 11) is 0. The molecule has 0 radical (unpaired) electrons. The van der Waals surface area contributed by atoms with E-state index in [9.17, 15) is 14.7 Å². The molecule has 2 unspecified atom stereocenters. The Bertz CT molecular complexity index is 376. The van der Waals surface area contributed by atoms with Gasteiger partial charge < -0.3 is 15.3 Å². The van der Waals surface area contributed by atoms with Crippen LogP contribution in [0.5, 0.6) is 0 Å². The smallest absolute Gasteiger partial charge is 0.329 e. The fraction of sp³-hybridized carbons (Fsp3) is 0.846. The zero-order valence-electron chi connectivity index (χ0n) is 10.5.